The fourth-order valence-electron chi connectivity index (χ4n) is 1.82. The number of amides is 1. The van der Waals surface area contributed by atoms with Crippen molar-refractivity contribution in [1.29, 1.82) is 0 Å². The minimum Gasteiger partial charge on any atom is -0.508 e. The summed E-state index contributed by atoms with van der Waals surface area (Å²) in [5.74, 6) is 0.0294. The van der Waals surface area contributed by atoms with Gasteiger partial charge >= 0.3 is 0 Å². The van der Waals surface area contributed by atoms with Crippen LogP contribution in [0.2, 0.25) is 0 Å². The van der Waals surface area contributed by atoms with Crippen LogP contribution in [-0.2, 0) is 0 Å². The molecule has 0 heterocycles. The second-order valence-electron chi connectivity index (χ2n) is 4.41. The second kappa shape index (κ2) is 5.45. The van der Waals surface area contributed by atoms with Crippen molar-refractivity contribution in [1.82, 2.24) is 0 Å². The van der Waals surface area contributed by atoms with Gasteiger partial charge in [-0.15, -0.1) is 0 Å². The van der Waals surface area contributed by atoms with Crippen molar-refractivity contribution in [3.8, 4) is 5.75 Å². The minimum absolute atomic E-state index is 0.160. The largest absolute Gasteiger partial charge is 0.508 e. The SMILES string of the molecule is Cc1cc(O)ccc1NC(=O)c1cc(Br)ccc1C. The van der Waals surface area contributed by atoms with Gasteiger partial charge in [0.25, 0.3) is 5.91 Å². The number of nitrogens with one attached hydrogen (secondary N) is 1. The Labute approximate surface area is 120 Å². The molecule has 0 bridgehead atoms. The van der Waals surface area contributed by atoms with E-state index >= 15 is 0 Å². The van der Waals surface area contributed by atoms with E-state index in [9.17, 15) is 9.90 Å². The molecule has 2 aromatic rings. The third-order valence-corrected chi connectivity index (χ3v) is 3.40. The van der Waals surface area contributed by atoms with E-state index in [0.717, 1.165) is 15.6 Å². The molecule has 0 saturated heterocycles. The molecule has 0 spiro atoms. The van der Waals surface area contributed by atoms with Gasteiger partial charge in [0.05, 0.1) is 0 Å². The van der Waals surface area contributed by atoms with Crippen LogP contribution in [0.4, 0.5) is 5.69 Å². The molecule has 0 radical (unpaired) electrons. The van der Waals surface area contributed by atoms with Crippen LogP contribution in [0.5, 0.6) is 5.75 Å². The highest BCUT2D eigenvalue weighted by molar-refractivity contribution is 9.10. The molecule has 4 heteroatoms. The number of anilines is 1. The molecule has 0 aliphatic carbocycles. The number of phenols is 1. The molecule has 0 atom stereocenters. The number of rotatable bonds is 2. The molecule has 0 aliphatic heterocycles. The van der Waals surface area contributed by atoms with Crippen LogP contribution in [0.3, 0.4) is 0 Å². The Kier molecular flexibility index (Phi) is 3.90. The molecule has 2 N–H and O–H groups in total. The Bertz CT molecular complexity index is 638. The van der Waals surface area contributed by atoms with E-state index in [0.29, 0.717) is 11.3 Å². The molecule has 0 unspecified atom stereocenters. The average molecular weight is 320 g/mol. The number of hydrogen-bond acceptors (Lipinski definition) is 2. The first-order chi connectivity index (χ1) is 8.97. The molecule has 1 amide bonds. The van der Waals surface area contributed by atoms with E-state index in [1.165, 1.54) is 0 Å². The maximum absolute atomic E-state index is 12.2. The van der Waals surface area contributed by atoms with Crippen LogP contribution in [0, 0.1) is 13.8 Å². The summed E-state index contributed by atoms with van der Waals surface area (Å²) in [6.45, 7) is 3.73. The molecule has 98 valence electrons. The standard InChI is InChI=1S/C15H14BrNO2/c1-9-3-4-11(16)8-13(9)15(19)17-14-6-5-12(18)7-10(14)2/h3-8,18H,1-2H3,(H,17,19). The summed E-state index contributed by atoms with van der Waals surface area (Å²) in [6.07, 6.45) is 0. The quantitative estimate of drug-likeness (QED) is 0.821. The first-order valence-corrected chi connectivity index (χ1v) is 6.64. The molecule has 19 heavy (non-hydrogen) atoms. The number of hydrogen-bond donors (Lipinski definition) is 2. The minimum atomic E-state index is -0.160. The summed E-state index contributed by atoms with van der Waals surface area (Å²) in [5, 5.41) is 12.2. The second-order valence-corrected chi connectivity index (χ2v) is 5.33. The van der Waals surface area contributed by atoms with E-state index < -0.39 is 0 Å². The molecule has 0 aromatic heterocycles. The fraction of sp³-hybridized carbons (Fsp3) is 0.133. The van der Waals surface area contributed by atoms with E-state index in [-0.39, 0.29) is 11.7 Å². The topological polar surface area (TPSA) is 49.3 Å². The van der Waals surface area contributed by atoms with E-state index in [4.69, 9.17) is 0 Å². The third kappa shape index (κ3) is 3.15. The molecule has 0 fully saturated rings. The Hall–Kier alpha value is -1.81. The van der Waals surface area contributed by atoms with Gasteiger partial charge in [-0.1, -0.05) is 22.0 Å². The van der Waals surface area contributed by atoms with Gasteiger partial charge in [-0.25, -0.2) is 0 Å². The lowest BCUT2D eigenvalue weighted by Gasteiger charge is -2.10. The van der Waals surface area contributed by atoms with Crippen molar-refractivity contribution >= 4 is 27.5 Å². The third-order valence-electron chi connectivity index (χ3n) is 2.90. The number of benzene rings is 2. The molecule has 2 aromatic carbocycles. The van der Waals surface area contributed by atoms with Crippen molar-refractivity contribution in [3.63, 3.8) is 0 Å². The molecule has 2 rings (SSSR count). The molecular formula is C15H14BrNO2. The van der Waals surface area contributed by atoms with Gasteiger partial charge in [0, 0.05) is 15.7 Å². The summed E-state index contributed by atoms with van der Waals surface area (Å²) >= 11 is 3.36. The lowest BCUT2D eigenvalue weighted by Crippen LogP contribution is -2.14. The highest BCUT2D eigenvalue weighted by atomic mass is 79.9. The van der Waals surface area contributed by atoms with Crippen LogP contribution in [0.15, 0.2) is 40.9 Å². The van der Waals surface area contributed by atoms with Crippen molar-refractivity contribution in [2.24, 2.45) is 0 Å². The maximum Gasteiger partial charge on any atom is 0.255 e. The molecule has 0 saturated carbocycles. The van der Waals surface area contributed by atoms with Gasteiger partial charge in [0.1, 0.15) is 5.75 Å². The number of carbonyl (C=O) groups excluding carboxylic acids is 1. The van der Waals surface area contributed by atoms with Crippen molar-refractivity contribution in [3.05, 3.63) is 57.6 Å². The van der Waals surface area contributed by atoms with Gasteiger partial charge < -0.3 is 10.4 Å². The zero-order chi connectivity index (χ0) is 14.0. The highest BCUT2D eigenvalue weighted by Gasteiger charge is 2.11. The Balaban J connectivity index is 2.28. The number of carbonyl (C=O) groups is 1. The Morgan fingerprint density at radius 3 is 2.53 bits per heavy atom. The van der Waals surface area contributed by atoms with E-state index in [1.54, 1.807) is 24.3 Å². The lowest BCUT2D eigenvalue weighted by molar-refractivity contribution is 0.102. The molecular weight excluding hydrogens is 306 g/mol. The maximum atomic E-state index is 12.2. The number of aryl methyl sites for hydroxylation is 2. The van der Waals surface area contributed by atoms with Crippen molar-refractivity contribution in [2.45, 2.75) is 13.8 Å². The first-order valence-electron chi connectivity index (χ1n) is 5.84. The highest BCUT2D eigenvalue weighted by Crippen LogP contribution is 2.22. The van der Waals surface area contributed by atoms with E-state index in [2.05, 4.69) is 21.2 Å². The number of phenolic OH excluding ortho intramolecular Hbond substituents is 1. The summed E-state index contributed by atoms with van der Waals surface area (Å²) in [4.78, 5) is 12.2. The zero-order valence-electron chi connectivity index (χ0n) is 10.7. The fourth-order valence-corrected chi connectivity index (χ4v) is 2.18. The Morgan fingerprint density at radius 2 is 1.84 bits per heavy atom. The predicted molar refractivity (Wildman–Crippen MR) is 79.7 cm³/mol. The van der Waals surface area contributed by atoms with Gasteiger partial charge in [-0.2, -0.15) is 0 Å². The smallest absolute Gasteiger partial charge is 0.255 e. The summed E-state index contributed by atoms with van der Waals surface area (Å²) in [5.41, 5.74) is 3.06. The van der Waals surface area contributed by atoms with Gasteiger partial charge in [0.15, 0.2) is 0 Å². The number of halogens is 1. The van der Waals surface area contributed by atoms with E-state index in [1.807, 2.05) is 26.0 Å². The Morgan fingerprint density at radius 1 is 1.11 bits per heavy atom. The van der Waals surface area contributed by atoms with Gasteiger partial charge in [0.2, 0.25) is 0 Å². The van der Waals surface area contributed by atoms with Crippen LogP contribution in [0.1, 0.15) is 21.5 Å². The van der Waals surface area contributed by atoms with Crippen LogP contribution >= 0.6 is 15.9 Å². The average Bonchev–Trinajstić information content (AvgIpc) is 2.35. The summed E-state index contributed by atoms with van der Waals surface area (Å²) in [7, 11) is 0. The predicted octanol–water partition coefficient (Wildman–Crippen LogP) is 4.02. The lowest BCUT2D eigenvalue weighted by atomic mass is 10.1. The van der Waals surface area contributed by atoms with Crippen LogP contribution in [0.25, 0.3) is 0 Å². The van der Waals surface area contributed by atoms with Crippen molar-refractivity contribution in [2.75, 3.05) is 5.32 Å². The monoisotopic (exact) mass is 319 g/mol. The zero-order valence-corrected chi connectivity index (χ0v) is 12.3. The van der Waals surface area contributed by atoms with Crippen molar-refractivity contribution < 1.29 is 9.90 Å². The van der Waals surface area contributed by atoms with Gasteiger partial charge in [-0.05, 0) is 55.3 Å². The van der Waals surface area contributed by atoms with Gasteiger partial charge in [-0.3, -0.25) is 4.79 Å². The first kappa shape index (κ1) is 13.6. The van der Waals surface area contributed by atoms with Crippen LogP contribution < -0.4 is 5.32 Å². The summed E-state index contributed by atoms with van der Waals surface area (Å²) in [6, 6.07) is 10.4. The summed E-state index contributed by atoms with van der Waals surface area (Å²) < 4.78 is 0.866. The molecule has 3 nitrogen and oxygen atoms in total. The molecule has 0 aliphatic rings. The van der Waals surface area contributed by atoms with Crippen LogP contribution in [-0.4, -0.2) is 11.0 Å². The number of aromatic hydroxyl groups is 1. The normalized spacial score (nSPS) is 10.3.